The molecule has 21 heavy (non-hydrogen) atoms. The summed E-state index contributed by atoms with van der Waals surface area (Å²) < 4.78 is 0.698. The number of nitrogens with one attached hydrogen (secondary N) is 1. The maximum Gasteiger partial charge on any atom is 0.275 e. The normalized spacial score (nSPS) is 11.0. The molecule has 1 amide bonds. The van der Waals surface area contributed by atoms with Crippen LogP contribution in [-0.2, 0) is 4.79 Å². The van der Waals surface area contributed by atoms with Crippen LogP contribution in [0.2, 0.25) is 0 Å². The average Bonchev–Trinajstić information content (AvgIpc) is 2.34. The molecule has 0 spiro atoms. The van der Waals surface area contributed by atoms with E-state index in [9.17, 15) is 4.79 Å². The number of hydrogen-bond acceptors (Lipinski definition) is 1. The second-order valence-electron chi connectivity index (χ2n) is 6.98. The molecule has 0 fully saturated rings. The van der Waals surface area contributed by atoms with E-state index in [-0.39, 0.29) is 22.9 Å². The van der Waals surface area contributed by atoms with E-state index in [4.69, 9.17) is 0 Å². The number of amides is 1. The van der Waals surface area contributed by atoms with Gasteiger partial charge in [0.25, 0.3) is 5.91 Å². The van der Waals surface area contributed by atoms with Gasteiger partial charge in [-0.15, -0.1) is 0 Å². The minimum atomic E-state index is 0. The first kappa shape index (κ1) is 23.2. The monoisotopic (exact) mass is 364 g/mol. The van der Waals surface area contributed by atoms with Crippen LogP contribution in [0.3, 0.4) is 0 Å². The predicted molar refractivity (Wildman–Crippen MR) is 87.8 cm³/mol. The van der Waals surface area contributed by atoms with Gasteiger partial charge in [-0.25, -0.2) is 0 Å². The Morgan fingerprint density at radius 2 is 1.24 bits per heavy atom. The summed E-state index contributed by atoms with van der Waals surface area (Å²) in [4.78, 5) is 11.6. The van der Waals surface area contributed by atoms with Crippen molar-refractivity contribution >= 4 is 5.91 Å². The van der Waals surface area contributed by atoms with E-state index in [0.29, 0.717) is 11.0 Å². The molecule has 128 valence electrons. The third-order valence-electron chi connectivity index (χ3n) is 3.47. The summed E-state index contributed by atoms with van der Waals surface area (Å²) in [5, 5.41) is 3.01. The largest absolute Gasteiger partial charge is 1.00 e. The van der Waals surface area contributed by atoms with Crippen LogP contribution in [0, 0.1) is 0 Å². The second kappa shape index (κ2) is 14.8. The fourth-order valence-corrected chi connectivity index (χ4v) is 2.33. The molecule has 0 aromatic heterocycles. The summed E-state index contributed by atoms with van der Waals surface area (Å²) in [6.45, 7) is 3.67. The van der Waals surface area contributed by atoms with Gasteiger partial charge in [0.1, 0.15) is 0 Å². The van der Waals surface area contributed by atoms with E-state index in [1.807, 2.05) is 21.1 Å². The molecule has 0 aliphatic heterocycles. The molecule has 0 radical (unpaired) electrons. The first-order valence-electron chi connectivity index (χ1n) is 8.53. The number of unbranched alkanes of at least 4 members (excludes halogenated alkanes) is 9. The smallest absolute Gasteiger partial charge is 0.275 e. The highest BCUT2D eigenvalue weighted by atomic mass is 79.9. The van der Waals surface area contributed by atoms with Crippen LogP contribution in [0.15, 0.2) is 0 Å². The Kier molecular flexibility index (Phi) is 16.4. The number of halogens is 1. The van der Waals surface area contributed by atoms with Crippen LogP contribution in [0.25, 0.3) is 0 Å². The topological polar surface area (TPSA) is 29.1 Å². The summed E-state index contributed by atoms with van der Waals surface area (Å²) in [6, 6.07) is 0. The standard InChI is InChI=1S/C17H36N2O.BrH/c1-5-6-7-8-9-10-11-12-13-14-15-18-17(20)16-19(2,3)4;/h5-16H2,1-4H3;1H. The van der Waals surface area contributed by atoms with Gasteiger partial charge < -0.3 is 26.8 Å². The van der Waals surface area contributed by atoms with Crippen LogP contribution in [0.4, 0.5) is 0 Å². The van der Waals surface area contributed by atoms with Crippen LogP contribution < -0.4 is 22.3 Å². The van der Waals surface area contributed by atoms with Gasteiger partial charge >= 0.3 is 0 Å². The number of carbonyl (C=O) groups excluding carboxylic acids is 1. The Balaban J connectivity index is 0. The molecule has 0 atom stereocenters. The lowest BCUT2D eigenvalue weighted by Crippen LogP contribution is -3.00. The number of carbonyl (C=O) groups is 1. The van der Waals surface area contributed by atoms with Crippen LogP contribution >= 0.6 is 0 Å². The lowest BCUT2D eigenvalue weighted by atomic mass is 10.1. The fourth-order valence-electron chi connectivity index (χ4n) is 2.33. The number of likely N-dealkylation sites (N-methyl/N-ethyl adjacent to an activating group) is 1. The third-order valence-corrected chi connectivity index (χ3v) is 3.47. The average molecular weight is 365 g/mol. The molecule has 0 aliphatic rings. The molecular formula is C17H37BrN2O. The molecule has 0 rings (SSSR count). The van der Waals surface area contributed by atoms with Gasteiger partial charge in [-0.3, -0.25) is 4.79 Å². The highest BCUT2D eigenvalue weighted by Crippen LogP contribution is 2.10. The minimum absolute atomic E-state index is 0. The maximum absolute atomic E-state index is 11.6. The minimum Gasteiger partial charge on any atom is -1.00 e. The van der Waals surface area contributed by atoms with Gasteiger partial charge in [0.2, 0.25) is 0 Å². The van der Waals surface area contributed by atoms with Crippen LogP contribution in [0.1, 0.15) is 71.1 Å². The molecule has 0 aromatic carbocycles. The summed E-state index contributed by atoms with van der Waals surface area (Å²) in [5.74, 6) is 0.174. The molecule has 0 saturated heterocycles. The van der Waals surface area contributed by atoms with Crippen molar-refractivity contribution in [1.29, 1.82) is 0 Å². The van der Waals surface area contributed by atoms with E-state index in [0.717, 1.165) is 13.0 Å². The van der Waals surface area contributed by atoms with Crippen molar-refractivity contribution in [3.8, 4) is 0 Å². The van der Waals surface area contributed by atoms with Crippen LogP contribution in [0.5, 0.6) is 0 Å². The molecule has 4 heteroatoms. The quantitative estimate of drug-likeness (QED) is 0.379. The third kappa shape index (κ3) is 19.9. The summed E-state index contributed by atoms with van der Waals surface area (Å²) >= 11 is 0. The summed E-state index contributed by atoms with van der Waals surface area (Å²) in [7, 11) is 6.13. The second-order valence-corrected chi connectivity index (χ2v) is 6.98. The molecule has 0 unspecified atom stereocenters. The van der Waals surface area contributed by atoms with Crippen LogP contribution in [-0.4, -0.2) is 44.6 Å². The fraction of sp³-hybridized carbons (Fsp3) is 0.941. The maximum atomic E-state index is 11.6. The first-order valence-corrected chi connectivity index (χ1v) is 8.53. The molecule has 1 N–H and O–H groups in total. The van der Waals surface area contributed by atoms with E-state index in [1.54, 1.807) is 0 Å². The molecular weight excluding hydrogens is 328 g/mol. The Morgan fingerprint density at radius 3 is 1.67 bits per heavy atom. The Bertz CT molecular complexity index is 239. The molecule has 0 aliphatic carbocycles. The highest BCUT2D eigenvalue weighted by molar-refractivity contribution is 5.76. The first-order chi connectivity index (χ1) is 9.45. The number of nitrogens with zero attached hydrogens (tertiary/aromatic N) is 1. The zero-order valence-corrected chi connectivity index (χ0v) is 16.3. The van der Waals surface area contributed by atoms with Gasteiger partial charge in [-0.2, -0.15) is 0 Å². The van der Waals surface area contributed by atoms with Gasteiger partial charge in [0.15, 0.2) is 6.54 Å². The van der Waals surface area contributed by atoms with Crippen molar-refractivity contribution in [2.24, 2.45) is 0 Å². The summed E-state index contributed by atoms with van der Waals surface area (Å²) in [5.41, 5.74) is 0. The van der Waals surface area contributed by atoms with Gasteiger partial charge in [-0.1, -0.05) is 64.7 Å². The number of quaternary nitrogens is 1. The molecule has 3 nitrogen and oxygen atoms in total. The SMILES string of the molecule is CCCCCCCCCCCCNC(=O)C[N+](C)(C)C.[Br-]. The predicted octanol–water partition coefficient (Wildman–Crippen LogP) is 0.734. The van der Waals surface area contributed by atoms with E-state index in [2.05, 4.69) is 12.2 Å². The van der Waals surface area contributed by atoms with E-state index < -0.39 is 0 Å². The van der Waals surface area contributed by atoms with Gasteiger partial charge in [-0.05, 0) is 6.42 Å². The lowest BCUT2D eigenvalue weighted by Gasteiger charge is -2.22. The lowest BCUT2D eigenvalue weighted by molar-refractivity contribution is -0.862. The molecule has 0 heterocycles. The Labute approximate surface area is 143 Å². The molecule has 0 aromatic rings. The van der Waals surface area contributed by atoms with Crippen molar-refractivity contribution in [2.45, 2.75) is 71.1 Å². The molecule has 0 saturated carbocycles. The van der Waals surface area contributed by atoms with E-state index in [1.165, 1.54) is 57.8 Å². The van der Waals surface area contributed by atoms with Crippen molar-refractivity contribution in [3.05, 3.63) is 0 Å². The van der Waals surface area contributed by atoms with Crippen molar-refractivity contribution in [2.75, 3.05) is 34.2 Å². The molecule has 0 bridgehead atoms. The number of hydrogen-bond donors (Lipinski definition) is 1. The van der Waals surface area contributed by atoms with Gasteiger partial charge in [0, 0.05) is 6.54 Å². The van der Waals surface area contributed by atoms with Crippen molar-refractivity contribution in [1.82, 2.24) is 5.32 Å². The van der Waals surface area contributed by atoms with E-state index >= 15 is 0 Å². The Morgan fingerprint density at radius 1 is 0.810 bits per heavy atom. The zero-order chi connectivity index (χ0) is 15.3. The zero-order valence-electron chi connectivity index (χ0n) is 14.7. The van der Waals surface area contributed by atoms with Crippen molar-refractivity contribution < 1.29 is 26.3 Å². The van der Waals surface area contributed by atoms with Gasteiger partial charge in [0.05, 0.1) is 21.1 Å². The number of rotatable bonds is 13. The Hall–Kier alpha value is -0.0900. The summed E-state index contributed by atoms with van der Waals surface area (Å²) in [6.07, 6.45) is 13.4. The van der Waals surface area contributed by atoms with Crippen molar-refractivity contribution in [3.63, 3.8) is 0 Å². The highest BCUT2D eigenvalue weighted by Gasteiger charge is 2.12.